The molecule has 1 rings (SSSR count). The SMILES string of the molecule is Cc1cccc(CCl)c1OCC#N. The van der Waals surface area contributed by atoms with E-state index in [0.717, 1.165) is 16.9 Å². The van der Waals surface area contributed by atoms with Gasteiger partial charge in [0, 0.05) is 5.56 Å². The molecule has 0 spiro atoms. The summed E-state index contributed by atoms with van der Waals surface area (Å²) in [5, 5.41) is 8.37. The summed E-state index contributed by atoms with van der Waals surface area (Å²) in [5.41, 5.74) is 1.94. The quantitative estimate of drug-likeness (QED) is 0.695. The van der Waals surface area contributed by atoms with Crippen LogP contribution in [0.3, 0.4) is 0 Å². The minimum absolute atomic E-state index is 0.0642. The zero-order valence-electron chi connectivity index (χ0n) is 7.38. The average Bonchev–Trinajstić information content (AvgIpc) is 2.15. The Balaban J connectivity index is 2.95. The summed E-state index contributed by atoms with van der Waals surface area (Å²) < 4.78 is 5.26. The predicted molar refractivity (Wildman–Crippen MR) is 51.8 cm³/mol. The van der Waals surface area contributed by atoms with Gasteiger partial charge in [0.2, 0.25) is 0 Å². The summed E-state index contributed by atoms with van der Waals surface area (Å²) in [4.78, 5) is 0. The fourth-order valence-electron chi connectivity index (χ4n) is 1.13. The van der Waals surface area contributed by atoms with E-state index in [0.29, 0.717) is 5.88 Å². The van der Waals surface area contributed by atoms with E-state index in [1.807, 2.05) is 31.2 Å². The molecule has 0 aliphatic heterocycles. The van der Waals surface area contributed by atoms with Gasteiger partial charge in [-0.2, -0.15) is 5.26 Å². The van der Waals surface area contributed by atoms with Gasteiger partial charge in [-0.25, -0.2) is 0 Å². The number of aryl methyl sites for hydroxylation is 1. The van der Waals surface area contributed by atoms with Crippen LogP contribution in [0.1, 0.15) is 11.1 Å². The molecule has 0 aliphatic rings. The molecule has 0 saturated heterocycles. The smallest absolute Gasteiger partial charge is 0.174 e. The van der Waals surface area contributed by atoms with Gasteiger partial charge in [0.25, 0.3) is 0 Å². The highest BCUT2D eigenvalue weighted by Gasteiger charge is 2.04. The molecule has 0 atom stereocenters. The minimum atomic E-state index is 0.0642. The van der Waals surface area contributed by atoms with Crippen molar-refractivity contribution < 1.29 is 4.74 Å². The van der Waals surface area contributed by atoms with Gasteiger partial charge >= 0.3 is 0 Å². The molecule has 1 aromatic rings. The number of para-hydroxylation sites is 1. The standard InChI is InChI=1S/C10H10ClNO/c1-8-3-2-4-9(7-11)10(8)13-6-5-12/h2-4H,6-7H2,1H3. The lowest BCUT2D eigenvalue weighted by atomic mass is 10.1. The van der Waals surface area contributed by atoms with Gasteiger partial charge in [0.15, 0.2) is 6.61 Å². The zero-order valence-corrected chi connectivity index (χ0v) is 8.14. The molecule has 0 aromatic heterocycles. The second-order valence-electron chi connectivity index (χ2n) is 2.64. The van der Waals surface area contributed by atoms with Gasteiger partial charge in [-0.05, 0) is 12.5 Å². The Morgan fingerprint density at radius 2 is 2.31 bits per heavy atom. The molecule has 0 amide bonds. The highest BCUT2D eigenvalue weighted by Crippen LogP contribution is 2.24. The zero-order chi connectivity index (χ0) is 9.68. The second kappa shape index (κ2) is 4.74. The first-order chi connectivity index (χ1) is 6.29. The third-order valence-electron chi connectivity index (χ3n) is 1.72. The van der Waals surface area contributed by atoms with Gasteiger partial charge in [0.1, 0.15) is 11.8 Å². The predicted octanol–water partition coefficient (Wildman–Crippen LogP) is 2.64. The molecule has 0 heterocycles. The third-order valence-corrected chi connectivity index (χ3v) is 2.01. The van der Waals surface area contributed by atoms with E-state index in [2.05, 4.69) is 0 Å². The topological polar surface area (TPSA) is 33.0 Å². The highest BCUT2D eigenvalue weighted by atomic mass is 35.5. The first-order valence-electron chi connectivity index (χ1n) is 3.93. The Morgan fingerprint density at radius 3 is 2.92 bits per heavy atom. The number of nitriles is 1. The number of benzene rings is 1. The Bertz CT molecular complexity index is 330. The maximum absolute atomic E-state index is 8.37. The van der Waals surface area contributed by atoms with E-state index >= 15 is 0 Å². The van der Waals surface area contributed by atoms with Crippen molar-refractivity contribution in [2.45, 2.75) is 12.8 Å². The summed E-state index contributed by atoms with van der Waals surface area (Å²) in [6, 6.07) is 7.68. The first-order valence-corrected chi connectivity index (χ1v) is 4.47. The van der Waals surface area contributed by atoms with Crippen LogP contribution in [0, 0.1) is 18.3 Å². The maximum atomic E-state index is 8.37. The first kappa shape index (κ1) is 9.88. The summed E-state index contributed by atoms with van der Waals surface area (Å²) >= 11 is 5.72. The number of nitrogens with zero attached hydrogens (tertiary/aromatic N) is 1. The largest absolute Gasteiger partial charge is 0.478 e. The second-order valence-corrected chi connectivity index (χ2v) is 2.91. The fourth-order valence-corrected chi connectivity index (χ4v) is 1.34. The molecule has 2 nitrogen and oxygen atoms in total. The molecule has 0 saturated carbocycles. The van der Waals surface area contributed by atoms with Crippen molar-refractivity contribution in [3.8, 4) is 11.8 Å². The van der Waals surface area contributed by atoms with Crippen molar-refractivity contribution in [2.75, 3.05) is 6.61 Å². The van der Waals surface area contributed by atoms with E-state index in [-0.39, 0.29) is 6.61 Å². The Morgan fingerprint density at radius 1 is 1.54 bits per heavy atom. The summed E-state index contributed by atoms with van der Waals surface area (Å²) in [6.45, 7) is 2.00. The third kappa shape index (κ3) is 2.37. The van der Waals surface area contributed by atoms with Crippen molar-refractivity contribution in [3.63, 3.8) is 0 Å². The van der Waals surface area contributed by atoms with Crippen LogP contribution in [-0.4, -0.2) is 6.61 Å². The lowest BCUT2D eigenvalue weighted by Gasteiger charge is -2.09. The molecule has 0 bridgehead atoms. The summed E-state index contributed by atoms with van der Waals surface area (Å²) in [7, 11) is 0. The number of hydrogen-bond acceptors (Lipinski definition) is 2. The fraction of sp³-hybridized carbons (Fsp3) is 0.300. The highest BCUT2D eigenvalue weighted by molar-refractivity contribution is 6.17. The normalized spacial score (nSPS) is 9.31. The lowest BCUT2D eigenvalue weighted by molar-refractivity contribution is 0.362. The Hall–Kier alpha value is -1.20. The van der Waals surface area contributed by atoms with Crippen LogP contribution in [0.15, 0.2) is 18.2 Å². The van der Waals surface area contributed by atoms with Crippen LogP contribution in [0.25, 0.3) is 0 Å². The van der Waals surface area contributed by atoms with Crippen LogP contribution >= 0.6 is 11.6 Å². The molecular formula is C10H10ClNO. The van der Waals surface area contributed by atoms with E-state index in [4.69, 9.17) is 21.6 Å². The molecule has 13 heavy (non-hydrogen) atoms. The molecule has 0 fully saturated rings. The van der Waals surface area contributed by atoms with Gasteiger partial charge in [-0.15, -0.1) is 11.6 Å². The van der Waals surface area contributed by atoms with Crippen molar-refractivity contribution in [1.82, 2.24) is 0 Å². The number of hydrogen-bond donors (Lipinski definition) is 0. The van der Waals surface area contributed by atoms with Gasteiger partial charge in [-0.3, -0.25) is 0 Å². The number of alkyl halides is 1. The van der Waals surface area contributed by atoms with Gasteiger partial charge < -0.3 is 4.74 Å². The van der Waals surface area contributed by atoms with E-state index in [1.54, 1.807) is 0 Å². The molecule has 1 aromatic carbocycles. The van der Waals surface area contributed by atoms with Gasteiger partial charge in [0.05, 0.1) is 5.88 Å². The van der Waals surface area contributed by atoms with E-state index in [9.17, 15) is 0 Å². The van der Waals surface area contributed by atoms with Crippen LogP contribution in [0.2, 0.25) is 0 Å². The van der Waals surface area contributed by atoms with Crippen molar-refractivity contribution in [1.29, 1.82) is 5.26 Å². The van der Waals surface area contributed by atoms with Crippen molar-refractivity contribution >= 4 is 11.6 Å². The van der Waals surface area contributed by atoms with Crippen molar-refractivity contribution in [3.05, 3.63) is 29.3 Å². The van der Waals surface area contributed by atoms with Crippen LogP contribution in [0.4, 0.5) is 0 Å². The number of ether oxygens (including phenoxy) is 1. The average molecular weight is 196 g/mol. The van der Waals surface area contributed by atoms with Gasteiger partial charge in [-0.1, -0.05) is 18.2 Å². The molecular weight excluding hydrogens is 186 g/mol. The Labute approximate surface area is 82.7 Å². The van der Waals surface area contributed by atoms with E-state index < -0.39 is 0 Å². The molecule has 0 unspecified atom stereocenters. The number of halogens is 1. The van der Waals surface area contributed by atoms with Crippen molar-refractivity contribution in [2.24, 2.45) is 0 Å². The van der Waals surface area contributed by atoms with Crippen LogP contribution in [0.5, 0.6) is 5.75 Å². The Kier molecular flexibility index (Phi) is 3.60. The minimum Gasteiger partial charge on any atom is -0.478 e. The molecule has 3 heteroatoms. The van der Waals surface area contributed by atoms with Crippen LogP contribution in [-0.2, 0) is 5.88 Å². The molecule has 0 aliphatic carbocycles. The maximum Gasteiger partial charge on any atom is 0.174 e. The van der Waals surface area contributed by atoms with Crippen LogP contribution < -0.4 is 4.74 Å². The molecule has 0 N–H and O–H groups in total. The molecule has 0 radical (unpaired) electrons. The summed E-state index contributed by atoms with van der Waals surface area (Å²) in [6.07, 6.45) is 0. The van der Waals surface area contributed by atoms with E-state index in [1.165, 1.54) is 0 Å². The lowest BCUT2D eigenvalue weighted by Crippen LogP contribution is -1.98. The number of rotatable bonds is 3. The summed E-state index contributed by atoms with van der Waals surface area (Å²) in [5.74, 6) is 1.14. The molecule has 68 valence electrons. The monoisotopic (exact) mass is 195 g/mol.